The number of hydrogen-bond donors (Lipinski definition) is 2. The topological polar surface area (TPSA) is 50.9 Å². The zero-order chi connectivity index (χ0) is 12.5. The highest BCUT2D eigenvalue weighted by Crippen LogP contribution is 2.27. The molecule has 0 atom stereocenters. The van der Waals surface area contributed by atoms with E-state index in [0.717, 1.165) is 18.7 Å². The van der Waals surface area contributed by atoms with E-state index in [1.807, 2.05) is 0 Å². The molecule has 3 nitrogen and oxygen atoms in total. The molecule has 0 bridgehead atoms. The first kappa shape index (κ1) is 14.3. The lowest BCUT2D eigenvalue weighted by atomic mass is 10.1. The minimum atomic E-state index is 0.689. The molecule has 1 aromatic heterocycles. The van der Waals surface area contributed by atoms with Gasteiger partial charge in [-0.25, -0.2) is 4.98 Å². The highest BCUT2D eigenvalue weighted by atomic mass is 32.1. The third-order valence-electron chi connectivity index (χ3n) is 2.80. The number of aromatic nitrogens is 1. The van der Waals surface area contributed by atoms with Crippen molar-refractivity contribution in [3.8, 4) is 0 Å². The fourth-order valence-electron chi connectivity index (χ4n) is 1.80. The Labute approximate surface area is 109 Å². The predicted octanol–water partition coefficient (Wildman–Crippen LogP) is 4.06. The Balaban J connectivity index is 2.40. The smallest absolute Gasteiger partial charge is 0.182 e. The van der Waals surface area contributed by atoms with Gasteiger partial charge in [-0.2, -0.15) is 0 Å². The fourth-order valence-corrected chi connectivity index (χ4v) is 2.60. The van der Waals surface area contributed by atoms with Crippen molar-refractivity contribution in [1.29, 1.82) is 0 Å². The van der Waals surface area contributed by atoms with Crippen LogP contribution in [0.15, 0.2) is 0 Å². The number of nitrogens with one attached hydrogen (secondary N) is 1. The molecule has 0 aliphatic heterocycles. The second-order valence-corrected chi connectivity index (χ2v) is 5.45. The first-order valence-electron chi connectivity index (χ1n) is 6.77. The Morgan fingerprint density at radius 2 is 1.82 bits per heavy atom. The van der Waals surface area contributed by atoms with E-state index in [9.17, 15) is 0 Å². The molecule has 0 aliphatic carbocycles. The molecule has 0 aromatic carbocycles. The number of unbranched alkanes of at least 4 members (excludes halogenated alkanes) is 4. The highest BCUT2D eigenvalue weighted by molar-refractivity contribution is 7.19. The van der Waals surface area contributed by atoms with Gasteiger partial charge in [0.25, 0.3) is 0 Å². The van der Waals surface area contributed by atoms with Crippen LogP contribution < -0.4 is 11.1 Å². The van der Waals surface area contributed by atoms with Crippen molar-refractivity contribution >= 4 is 21.5 Å². The lowest BCUT2D eigenvalue weighted by molar-refractivity contribution is 0.709. The Kier molecular flexibility index (Phi) is 7.01. The molecule has 3 N–H and O–H groups in total. The average molecular weight is 255 g/mol. The van der Waals surface area contributed by atoms with Gasteiger partial charge in [-0.05, 0) is 19.3 Å². The number of nitrogen functional groups attached to an aromatic ring is 1. The zero-order valence-corrected chi connectivity index (χ0v) is 11.9. The van der Waals surface area contributed by atoms with E-state index < -0.39 is 0 Å². The SMILES string of the molecule is CCCCCNc1sc(N)nc1CCCCC. The molecule has 0 radical (unpaired) electrons. The van der Waals surface area contributed by atoms with E-state index in [4.69, 9.17) is 5.73 Å². The first-order valence-corrected chi connectivity index (χ1v) is 7.58. The monoisotopic (exact) mass is 255 g/mol. The van der Waals surface area contributed by atoms with Crippen molar-refractivity contribution in [3.63, 3.8) is 0 Å². The largest absolute Gasteiger partial charge is 0.375 e. The Morgan fingerprint density at radius 3 is 2.53 bits per heavy atom. The second kappa shape index (κ2) is 8.34. The van der Waals surface area contributed by atoms with Gasteiger partial charge in [0.1, 0.15) is 5.00 Å². The molecule has 1 heterocycles. The predicted molar refractivity (Wildman–Crippen MR) is 77.8 cm³/mol. The first-order chi connectivity index (χ1) is 8.27. The Hall–Kier alpha value is -0.770. The van der Waals surface area contributed by atoms with Crippen molar-refractivity contribution in [3.05, 3.63) is 5.69 Å². The molecule has 0 spiro atoms. The van der Waals surface area contributed by atoms with Gasteiger partial charge in [0, 0.05) is 6.54 Å². The van der Waals surface area contributed by atoms with Crippen molar-refractivity contribution in [2.45, 2.75) is 58.8 Å². The van der Waals surface area contributed by atoms with Crippen LogP contribution in [0.5, 0.6) is 0 Å². The molecule has 0 amide bonds. The number of nitrogens with two attached hydrogens (primary N) is 1. The van der Waals surface area contributed by atoms with E-state index in [0.29, 0.717) is 5.13 Å². The Bertz CT molecular complexity index is 310. The number of hydrogen-bond acceptors (Lipinski definition) is 4. The Morgan fingerprint density at radius 1 is 1.12 bits per heavy atom. The van der Waals surface area contributed by atoms with Gasteiger partial charge in [-0.15, -0.1) is 0 Å². The van der Waals surface area contributed by atoms with E-state index in [1.54, 1.807) is 11.3 Å². The molecule has 0 aliphatic rings. The molecule has 0 unspecified atom stereocenters. The fraction of sp³-hybridized carbons (Fsp3) is 0.769. The number of thiazole rings is 1. The maximum atomic E-state index is 5.78. The number of rotatable bonds is 9. The molecule has 1 rings (SSSR count). The van der Waals surface area contributed by atoms with Crippen LogP contribution in [0.4, 0.5) is 10.1 Å². The summed E-state index contributed by atoms with van der Waals surface area (Å²) in [6.07, 6.45) is 8.55. The summed E-state index contributed by atoms with van der Waals surface area (Å²) >= 11 is 1.59. The quantitative estimate of drug-likeness (QED) is 0.654. The third-order valence-corrected chi connectivity index (χ3v) is 3.68. The third kappa shape index (κ3) is 5.39. The minimum Gasteiger partial charge on any atom is -0.375 e. The van der Waals surface area contributed by atoms with Crippen LogP contribution in [0.3, 0.4) is 0 Å². The standard InChI is InChI=1S/C13H25N3S/c1-3-5-7-9-11-12(17-13(14)16-11)15-10-8-6-4-2/h15H,3-10H2,1-2H3,(H2,14,16). The van der Waals surface area contributed by atoms with Crippen molar-refractivity contribution in [2.24, 2.45) is 0 Å². The van der Waals surface area contributed by atoms with Crippen LogP contribution in [-0.4, -0.2) is 11.5 Å². The van der Waals surface area contributed by atoms with Crippen LogP contribution in [0.2, 0.25) is 0 Å². The van der Waals surface area contributed by atoms with E-state index in [2.05, 4.69) is 24.1 Å². The van der Waals surface area contributed by atoms with Crippen LogP contribution in [0.25, 0.3) is 0 Å². The van der Waals surface area contributed by atoms with E-state index in [1.165, 1.54) is 43.5 Å². The molecule has 98 valence electrons. The molecule has 17 heavy (non-hydrogen) atoms. The van der Waals surface area contributed by atoms with Gasteiger partial charge < -0.3 is 11.1 Å². The molecular formula is C13H25N3S. The van der Waals surface area contributed by atoms with Crippen LogP contribution in [-0.2, 0) is 6.42 Å². The highest BCUT2D eigenvalue weighted by Gasteiger charge is 2.08. The van der Waals surface area contributed by atoms with Gasteiger partial charge in [0.2, 0.25) is 0 Å². The summed E-state index contributed by atoms with van der Waals surface area (Å²) in [7, 11) is 0. The molecule has 0 saturated heterocycles. The molecule has 0 fully saturated rings. The van der Waals surface area contributed by atoms with E-state index in [-0.39, 0.29) is 0 Å². The maximum Gasteiger partial charge on any atom is 0.182 e. The van der Waals surface area contributed by atoms with Crippen molar-refractivity contribution in [2.75, 3.05) is 17.6 Å². The summed E-state index contributed by atoms with van der Waals surface area (Å²) < 4.78 is 0. The summed E-state index contributed by atoms with van der Waals surface area (Å²) in [6.45, 7) is 5.48. The van der Waals surface area contributed by atoms with Crippen molar-refractivity contribution in [1.82, 2.24) is 4.98 Å². The summed E-state index contributed by atoms with van der Waals surface area (Å²) in [5.41, 5.74) is 6.95. The molecule has 1 aromatic rings. The average Bonchev–Trinajstić information content (AvgIpc) is 2.66. The summed E-state index contributed by atoms with van der Waals surface area (Å²) in [6, 6.07) is 0. The van der Waals surface area contributed by atoms with Gasteiger partial charge >= 0.3 is 0 Å². The zero-order valence-electron chi connectivity index (χ0n) is 11.1. The minimum absolute atomic E-state index is 0.689. The molecular weight excluding hydrogens is 230 g/mol. The molecule has 0 saturated carbocycles. The van der Waals surface area contributed by atoms with Crippen molar-refractivity contribution < 1.29 is 0 Å². The molecule has 4 heteroatoms. The van der Waals surface area contributed by atoms with E-state index >= 15 is 0 Å². The van der Waals surface area contributed by atoms with Crippen LogP contribution >= 0.6 is 11.3 Å². The second-order valence-electron chi connectivity index (χ2n) is 4.42. The van der Waals surface area contributed by atoms with Crippen LogP contribution in [0.1, 0.15) is 58.1 Å². The van der Waals surface area contributed by atoms with Gasteiger partial charge in [0.05, 0.1) is 5.69 Å². The summed E-state index contributed by atoms with van der Waals surface area (Å²) in [4.78, 5) is 4.42. The number of anilines is 2. The lowest BCUT2D eigenvalue weighted by Crippen LogP contribution is -2.02. The summed E-state index contributed by atoms with van der Waals surface area (Å²) in [5.74, 6) is 0. The van der Waals surface area contributed by atoms with Gasteiger partial charge in [-0.3, -0.25) is 0 Å². The summed E-state index contributed by atoms with van der Waals surface area (Å²) in [5, 5.41) is 5.35. The number of aryl methyl sites for hydroxylation is 1. The lowest BCUT2D eigenvalue weighted by Gasteiger charge is -2.05. The normalized spacial score (nSPS) is 10.7. The van der Waals surface area contributed by atoms with Crippen LogP contribution in [0, 0.1) is 0 Å². The van der Waals surface area contributed by atoms with Gasteiger partial charge in [-0.1, -0.05) is 50.9 Å². The maximum absolute atomic E-state index is 5.78. The van der Waals surface area contributed by atoms with Gasteiger partial charge in [0.15, 0.2) is 5.13 Å². The number of nitrogens with zero attached hydrogens (tertiary/aromatic N) is 1.